The molecule has 2 rings (SSSR count). The lowest BCUT2D eigenvalue weighted by Crippen LogP contribution is -2.02. The number of rotatable bonds is 7. The summed E-state index contributed by atoms with van der Waals surface area (Å²) in [6, 6.07) is 13.8. The fraction of sp³-hybridized carbons (Fsp3) is 0.312. The molecule has 1 heterocycles. The van der Waals surface area contributed by atoms with Crippen molar-refractivity contribution in [3.8, 4) is 5.75 Å². The third-order valence-electron chi connectivity index (χ3n) is 2.82. The van der Waals surface area contributed by atoms with Gasteiger partial charge in [-0.25, -0.2) is 4.98 Å². The first-order valence-electron chi connectivity index (χ1n) is 6.72. The summed E-state index contributed by atoms with van der Waals surface area (Å²) in [7, 11) is 1.66. The van der Waals surface area contributed by atoms with Crippen LogP contribution >= 0.6 is 0 Å². The van der Waals surface area contributed by atoms with Gasteiger partial charge in [-0.2, -0.15) is 0 Å². The molecule has 0 atom stereocenters. The van der Waals surface area contributed by atoms with Crippen molar-refractivity contribution in [2.45, 2.75) is 20.1 Å². The Labute approximate surface area is 119 Å². The van der Waals surface area contributed by atoms with Gasteiger partial charge in [0.15, 0.2) is 0 Å². The Morgan fingerprint density at radius 1 is 1.10 bits per heavy atom. The number of pyridine rings is 1. The van der Waals surface area contributed by atoms with Crippen LogP contribution in [0.25, 0.3) is 0 Å². The Kier molecular flexibility index (Phi) is 5.38. The normalized spacial score (nSPS) is 10.3. The monoisotopic (exact) mass is 272 g/mol. The molecule has 1 aromatic heterocycles. The van der Waals surface area contributed by atoms with Crippen LogP contribution in [-0.4, -0.2) is 18.6 Å². The average Bonchev–Trinajstić information content (AvgIpc) is 2.48. The minimum atomic E-state index is 0.496. The predicted molar refractivity (Wildman–Crippen MR) is 79.9 cm³/mol. The predicted octanol–water partition coefficient (Wildman–Crippen LogP) is 3.24. The SMILES string of the molecule is CCNc1cccc(COCc2cccc(OC)c2)n1. The highest BCUT2D eigenvalue weighted by atomic mass is 16.5. The number of hydrogen-bond donors (Lipinski definition) is 1. The highest BCUT2D eigenvalue weighted by molar-refractivity contribution is 5.34. The van der Waals surface area contributed by atoms with Gasteiger partial charge in [-0.3, -0.25) is 0 Å². The number of nitrogens with one attached hydrogen (secondary N) is 1. The van der Waals surface area contributed by atoms with Crippen molar-refractivity contribution in [1.82, 2.24) is 4.98 Å². The van der Waals surface area contributed by atoms with Crippen LogP contribution in [0.2, 0.25) is 0 Å². The van der Waals surface area contributed by atoms with Gasteiger partial charge in [-0.15, -0.1) is 0 Å². The second kappa shape index (κ2) is 7.50. The van der Waals surface area contributed by atoms with Gasteiger partial charge in [0.2, 0.25) is 0 Å². The standard InChI is InChI=1S/C16H20N2O2/c1-3-17-16-9-5-7-14(18-16)12-20-11-13-6-4-8-15(10-13)19-2/h4-10H,3,11-12H2,1-2H3,(H,17,18). The van der Waals surface area contributed by atoms with Crippen molar-refractivity contribution >= 4 is 5.82 Å². The van der Waals surface area contributed by atoms with Crippen LogP contribution in [-0.2, 0) is 18.0 Å². The highest BCUT2D eigenvalue weighted by Crippen LogP contribution is 2.14. The maximum Gasteiger partial charge on any atom is 0.126 e. The van der Waals surface area contributed by atoms with E-state index in [1.165, 1.54) is 0 Å². The van der Waals surface area contributed by atoms with Crippen molar-refractivity contribution in [2.24, 2.45) is 0 Å². The smallest absolute Gasteiger partial charge is 0.126 e. The van der Waals surface area contributed by atoms with Gasteiger partial charge in [0.1, 0.15) is 11.6 Å². The van der Waals surface area contributed by atoms with Gasteiger partial charge in [-0.05, 0) is 36.8 Å². The number of methoxy groups -OCH3 is 1. The lowest BCUT2D eigenvalue weighted by Gasteiger charge is -2.07. The first kappa shape index (κ1) is 14.3. The summed E-state index contributed by atoms with van der Waals surface area (Å²) in [5.74, 6) is 1.73. The summed E-state index contributed by atoms with van der Waals surface area (Å²) in [5, 5.41) is 3.19. The van der Waals surface area contributed by atoms with E-state index < -0.39 is 0 Å². The fourth-order valence-corrected chi connectivity index (χ4v) is 1.88. The zero-order valence-electron chi connectivity index (χ0n) is 11.9. The van der Waals surface area contributed by atoms with Crippen molar-refractivity contribution in [1.29, 1.82) is 0 Å². The molecule has 20 heavy (non-hydrogen) atoms. The largest absolute Gasteiger partial charge is 0.497 e. The Morgan fingerprint density at radius 2 is 1.95 bits per heavy atom. The van der Waals surface area contributed by atoms with Crippen LogP contribution in [0.15, 0.2) is 42.5 Å². The topological polar surface area (TPSA) is 43.4 Å². The Balaban J connectivity index is 1.87. The molecular weight excluding hydrogens is 252 g/mol. The van der Waals surface area contributed by atoms with E-state index in [2.05, 4.69) is 10.3 Å². The molecule has 0 aliphatic heterocycles. The third kappa shape index (κ3) is 4.24. The van der Waals surface area contributed by atoms with E-state index in [9.17, 15) is 0 Å². The van der Waals surface area contributed by atoms with E-state index in [4.69, 9.17) is 9.47 Å². The Morgan fingerprint density at radius 3 is 2.75 bits per heavy atom. The fourth-order valence-electron chi connectivity index (χ4n) is 1.88. The summed E-state index contributed by atoms with van der Waals surface area (Å²) in [6.07, 6.45) is 0. The quantitative estimate of drug-likeness (QED) is 0.840. The number of anilines is 1. The molecule has 0 aliphatic rings. The first-order valence-corrected chi connectivity index (χ1v) is 6.72. The van der Waals surface area contributed by atoms with E-state index >= 15 is 0 Å². The van der Waals surface area contributed by atoms with Gasteiger partial charge in [-0.1, -0.05) is 18.2 Å². The molecule has 1 N–H and O–H groups in total. The van der Waals surface area contributed by atoms with E-state index in [0.717, 1.165) is 29.4 Å². The zero-order valence-corrected chi connectivity index (χ0v) is 11.9. The summed E-state index contributed by atoms with van der Waals surface area (Å²) >= 11 is 0. The molecule has 0 aliphatic carbocycles. The van der Waals surface area contributed by atoms with E-state index in [1.807, 2.05) is 49.4 Å². The minimum Gasteiger partial charge on any atom is -0.497 e. The average molecular weight is 272 g/mol. The van der Waals surface area contributed by atoms with Crippen molar-refractivity contribution < 1.29 is 9.47 Å². The molecule has 0 spiro atoms. The van der Waals surface area contributed by atoms with Gasteiger partial charge in [0, 0.05) is 6.54 Å². The molecule has 4 nitrogen and oxygen atoms in total. The van der Waals surface area contributed by atoms with E-state index in [0.29, 0.717) is 13.2 Å². The number of nitrogens with zero attached hydrogens (tertiary/aromatic N) is 1. The summed E-state index contributed by atoms with van der Waals surface area (Å²) in [4.78, 5) is 4.47. The lowest BCUT2D eigenvalue weighted by atomic mass is 10.2. The van der Waals surface area contributed by atoms with Gasteiger partial charge in [0.05, 0.1) is 26.0 Å². The lowest BCUT2D eigenvalue weighted by molar-refractivity contribution is 0.104. The third-order valence-corrected chi connectivity index (χ3v) is 2.82. The molecule has 2 aromatic rings. The number of aromatic nitrogens is 1. The van der Waals surface area contributed by atoms with Crippen LogP contribution in [0.3, 0.4) is 0 Å². The van der Waals surface area contributed by atoms with Crippen LogP contribution in [0.5, 0.6) is 5.75 Å². The number of benzene rings is 1. The Hall–Kier alpha value is -2.07. The molecule has 0 saturated heterocycles. The molecule has 0 amide bonds. The molecule has 0 bridgehead atoms. The summed E-state index contributed by atoms with van der Waals surface area (Å²) < 4.78 is 10.9. The molecular formula is C16H20N2O2. The van der Waals surface area contributed by atoms with E-state index in [-0.39, 0.29) is 0 Å². The molecule has 1 aromatic carbocycles. The zero-order chi connectivity index (χ0) is 14.2. The van der Waals surface area contributed by atoms with Crippen molar-refractivity contribution in [3.05, 3.63) is 53.7 Å². The molecule has 0 saturated carbocycles. The summed E-state index contributed by atoms with van der Waals surface area (Å²) in [6.45, 7) is 3.95. The van der Waals surface area contributed by atoms with Crippen LogP contribution in [0.4, 0.5) is 5.82 Å². The molecule has 0 fully saturated rings. The van der Waals surface area contributed by atoms with Crippen LogP contribution in [0.1, 0.15) is 18.2 Å². The number of hydrogen-bond acceptors (Lipinski definition) is 4. The maximum atomic E-state index is 5.69. The highest BCUT2D eigenvalue weighted by Gasteiger charge is 1.99. The maximum absolute atomic E-state index is 5.69. The molecule has 0 unspecified atom stereocenters. The summed E-state index contributed by atoms with van der Waals surface area (Å²) in [5.41, 5.74) is 2.01. The molecule has 106 valence electrons. The van der Waals surface area contributed by atoms with Crippen molar-refractivity contribution in [3.63, 3.8) is 0 Å². The molecule has 4 heteroatoms. The Bertz CT molecular complexity index is 544. The second-order valence-corrected chi connectivity index (χ2v) is 4.39. The van der Waals surface area contributed by atoms with E-state index in [1.54, 1.807) is 7.11 Å². The molecule has 0 radical (unpaired) electrons. The van der Waals surface area contributed by atoms with Gasteiger partial charge >= 0.3 is 0 Å². The van der Waals surface area contributed by atoms with Crippen LogP contribution in [0, 0.1) is 0 Å². The second-order valence-electron chi connectivity index (χ2n) is 4.39. The minimum absolute atomic E-state index is 0.496. The van der Waals surface area contributed by atoms with Crippen LogP contribution < -0.4 is 10.1 Å². The van der Waals surface area contributed by atoms with Gasteiger partial charge in [0.25, 0.3) is 0 Å². The number of ether oxygens (including phenoxy) is 2. The van der Waals surface area contributed by atoms with Gasteiger partial charge < -0.3 is 14.8 Å². The first-order chi connectivity index (χ1) is 9.81. The van der Waals surface area contributed by atoms with Crippen molar-refractivity contribution in [2.75, 3.05) is 19.0 Å².